The van der Waals surface area contributed by atoms with E-state index in [-0.39, 0.29) is 12.5 Å². The topological polar surface area (TPSA) is 112 Å². The molecular formula is C26H30ClN5O3. The molecule has 2 aromatic carbocycles. The van der Waals surface area contributed by atoms with E-state index in [4.69, 9.17) is 22.1 Å². The van der Waals surface area contributed by atoms with Crippen molar-refractivity contribution in [2.75, 3.05) is 32.8 Å². The van der Waals surface area contributed by atoms with Crippen LogP contribution in [0.15, 0.2) is 54.6 Å². The number of carbonyl (C=O) groups excluding carboxylic acids is 2. The normalized spacial score (nSPS) is 23.4. The molecule has 0 aromatic heterocycles. The molecule has 8 nitrogen and oxygen atoms in total. The molecule has 3 unspecified atom stereocenters. The van der Waals surface area contributed by atoms with Crippen LogP contribution in [0, 0.1) is 17.2 Å². The molecule has 3 amide bonds. The first kappa shape index (κ1) is 25.0. The quantitative estimate of drug-likeness (QED) is 0.613. The van der Waals surface area contributed by atoms with Crippen molar-refractivity contribution in [2.45, 2.75) is 31.0 Å². The van der Waals surface area contributed by atoms with Crippen LogP contribution in [-0.2, 0) is 22.5 Å². The molecule has 2 aromatic rings. The summed E-state index contributed by atoms with van der Waals surface area (Å²) in [6, 6.07) is 18.5. The van der Waals surface area contributed by atoms with E-state index in [1.807, 2.05) is 30.3 Å². The molecule has 4 rings (SSSR count). The zero-order chi connectivity index (χ0) is 24.8. The maximum atomic E-state index is 13.7. The van der Waals surface area contributed by atoms with Crippen LogP contribution < -0.4 is 11.1 Å². The maximum Gasteiger partial charge on any atom is 0.315 e. The molecule has 184 valence electrons. The molecule has 0 aliphatic carbocycles. The Bertz CT molecular complexity index is 1070. The summed E-state index contributed by atoms with van der Waals surface area (Å²) < 4.78 is 5.63. The van der Waals surface area contributed by atoms with E-state index < -0.39 is 23.5 Å². The number of nitrogens with zero attached hydrogens (tertiary/aromatic N) is 3. The van der Waals surface area contributed by atoms with Crippen molar-refractivity contribution < 1.29 is 14.3 Å². The summed E-state index contributed by atoms with van der Waals surface area (Å²) in [5, 5.41) is 13.7. The molecule has 0 spiro atoms. The number of urea groups is 1. The van der Waals surface area contributed by atoms with Crippen molar-refractivity contribution in [1.82, 2.24) is 15.1 Å². The second-order valence-electron chi connectivity index (χ2n) is 9.24. The SMILES string of the molecule is N#CC1(NC(=O)C(Cc2ccc(Cl)cc2)C2COCCN2C(N)=O)CCN(Cc2ccccc2)C1. The lowest BCUT2D eigenvalue weighted by molar-refractivity contribution is -0.130. The van der Waals surface area contributed by atoms with Gasteiger partial charge in [0.25, 0.3) is 0 Å². The Balaban J connectivity index is 1.53. The number of hydrogen-bond acceptors (Lipinski definition) is 5. The van der Waals surface area contributed by atoms with Crippen LogP contribution in [0.3, 0.4) is 0 Å². The first-order chi connectivity index (χ1) is 16.9. The van der Waals surface area contributed by atoms with E-state index in [2.05, 4.69) is 28.4 Å². The number of hydrogen-bond donors (Lipinski definition) is 2. The van der Waals surface area contributed by atoms with Crippen LogP contribution in [0.1, 0.15) is 17.5 Å². The van der Waals surface area contributed by atoms with Gasteiger partial charge in [-0.05, 0) is 36.1 Å². The minimum absolute atomic E-state index is 0.203. The van der Waals surface area contributed by atoms with Gasteiger partial charge in [-0.1, -0.05) is 54.1 Å². The number of amides is 3. The van der Waals surface area contributed by atoms with E-state index in [0.29, 0.717) is 50.7 Å². The molecule has 0 bridgehead atoms. The highest BCUT2D eigenvalue weighted by Gasteiger charge is 2.44. The predicted octanol–water partition coefficient (Wildman–Crippen LogP) is 2.56. The third kappa shape index (κ3) is 6.12. The molecule has 9 heteroatoms. The van der Waals surface area contributed by atoms with Gasteiger partial charge in [0.1, 0.15) is 5.54 Å². The molecule has 3 atom stereocenters. The second kappa shape index (κ2) is 11.1. The number of rotatable bonds is 7. The lowest BCUT2D eigenvalue weighted by Gasteiger charge is -2.39. The van der Waals surface area contributed by atoms with Gasteiger partial charge in [-0.2, -0.15) is 5.26 Å². The Hall–Kier alpha value is -3.12. The molecule has 0 saturated carbocycles. The summed E-state index contributed by atoms with van der Waals surface area (Å²) in [5.41, 5.74) is 6.69. The van der Waals surface area contributed by atoms with Crippen LogP contribution in [0.4, 0.5) is 4.79 Å². The van der Waals surface area contributed by atoms with Crippen LogP contribution in [-0.4, -0.2) is 66.2 Å². The first-order valence-electron chi connectivity index (χ1n) is 11.8. The van der Waals surface area contributed by atoms with E-state index >= 15 is 0 Å². The van der Waals surface area contributed by atoms with Crippen molar-refractivity contribution >= 4 is 23.5 Å². The van der Waals surface area contributed by atoms with Gasteiger partial charge < -0.3 is 20.7 Å². The van der Waals surface area contributed by atoms with Gasteiger partial charge >= 0.3 is 6.03 Å². The van der Waals surface area contributed by atoms with Gasteiger partial charge in [0.15, 0.2) is 0 Å². The highest BCUT2D eigenvalue weighted by molar-refractivity contribution is 6.30. The van der Waals surface area contributed by atoms with E-state index in [9.17, 15) is 14.9 Å². The molecular weight excluding hydrogens is 466 g/mol. The van der Waals surface area contributed by atoms with Crippen molar-refractivity contribution in [2.24, 2.45) is 11.7 Å². The van der Waals surface area contributed by atoms with Gasteiger partial charge in [-0.15, -0.1) is 0 Å². The second-order valence-corrected chi connectivity index (χ2v) is 9.68. The summed E-state index contributed by atoms with van der Waals surface area (Å²) >= 11 is 6.04. The number of primary amides is 1. The zero-order valence-corrected chi connectivity index (χ0v) is 20.3. The molecule has 2 fully saturated rings. The lowest BCUT2D eigenvalue weighted by Crippen LogP contribution is -2.60. The Morgan fingerprint density at radius 3 is 2.60 bits per heavy atom. The molecule has 2 aliphatic rings. The summed E-state index contributed by atoms with van der Waals surface area (Å²) in [4.78, 5) is 29.6. The standard InChI is InChI=1S/C26H30ClN5O3/c27-21-8-6-19(7-9-21)14-22(23-16-35-13-12-32(23)25(29)34)24(33)30-26(17-28)10-11-31(18-26)15-20-4-2-1-3-5-20/h1-9,22-23H,10-16,18H2,(H2,29,34)(H,30,33). The largest absolute Gasteiger partial charge is 0.377 e. The fourth-order valence-electron chi connectivity index (χ4n) is 4.92. The van der Waals surface area contributed by atoms with Crippen molar-refractivity contribution in [3.05, 3.63) is 70.7 Å². The Kier molecular flexibility index (Phi) is 7.91. The summed E-state index contributed by atoms with van der Waals surface area (Å²) in [6.07, 6.45) is 0.881. The van der Waals surface area contributed by atoms with Gasteiger partial charge in [-0.3, -0.25) is 9.69 Å². The van der Waals surface area contributed by atoms with E-state index in [1.54, 1.807) is 12.1 Å². The third-order valence-electron chi connectivity index (χ3n) is 6.79. The summed E-state index contributed by atoms with van der Waals surface area (Å²) in [6.45, 7) is 2.72. The average molecular weight is 496 g/mol. The number of benzene rings is 2. The summed E-state index contributed by atoms with van der Waals surface area (Å²) in [7, 11) is 0. The van der Waals surface area contributed by atoms with E-state index in [0.717, 1.165) is 11.1 Å². The minimum Gasteiger partial charge on any atom is -0.377 e. The average Bonchev–Trinajstić information content (AvgIpc) is 3.26. The van der Waals surface area contributed by atoms with Gasteiger partial charge in [0, 0.05) is 31.2 Å². The van der Waals surface area contributed by atoms with Crippen molar-refractivity contribution in [3.63, 3.8) is 0 Å². The first-order valence-corrected chi connectivity index (χ1v) is 12.1. The van der Waals surface area contributed by atoms with Crippen LogP contribution in [0.25, 0.3) is 0 Å². The number of nitrogens with one attached hydrogen (secondary N) is 1. The highest BCUT2D eigenvalue weighted by Crippen LogP contribution is 2.26. The molecule has 3 N–H and O–H groups in total. The lowest BCUT2D eigenvalue weighted by atomic mass is 9.88. The number of nitrogens with two attached hydrogens (primary N) is 1. The smallest absolute Gasteiger partial charge is 0.315 e. The zero-order valence-electron chi connectivity index (χ0n) is 19.5. The Morgan fingerprint density at radius 2 is 1.91 bits per heavy atom. The monoisotopic (exact) mass is 495 g/mol. The molecule has 2 aliphatic heterocycles. The van der Waals surface area contributed by atoms with Crippen molar-refractivity contribution in [3.8, 4) is 6.07 Å². The number of morpholine rings is 1. The molecule has 35 heavy (non-hydrogen) atoms. The molecule has 0 radical (unpaired) electrons. The summed E-state index contributed by atoms with van der Waals surface area (Å²) in [5.74, 6) is -0.929. The number of nitriles is 1. The Labute approximate surface area is 210 Å². The predicted molar refractivity (Wildman–Crippen MR) is 132 cm³/mol. The maximum absolute atomic E-state index is 13.7. The minimum atomic E-state index is -1.00. The van der Waals surface area contributed by atoms with Crippen LogP contribution in [0.5, 0.6) is 0 Å². The highest BCUT2D eigenvalue weighted by atomic mass is 35.5. The molecule has 2 heterocycles. The van der Waals surface area contributed by atoms with Gasteiger partial charge in [0.05, 0.1) is 31.2 Å². The van der Waals surface area contributed by atoms with Crippen LogP contribution >= 0.6 is 11.6 Å². The number of carbonyl (C=O) groups is 2. The Morgan fingerprint density at radius 1 is 1.17 bits per heavy atom. The van der Waals surface area contributed by atoms with E-state index in [1.165, 1.54) is 4.90 Å². The van der Waals surface area contributed by atoms with Gasteiger partial charge in [-0.25, -0.2) is 4.79 Å². The van der Waals surface area contributed by atoms with Crippen LogP contribution in [0.2, 0.25) is 5.02 Å². The number of ether oxygens (including phenoxy) is 1. The van der Waals surface area contributed by atoms with Crippen molar-refractivity contribution in [1.29, 1.82) is 5.26 Å². The van der Waals surface area contributed by atoms with Gasteiger partial charge in [0.2, 0.25) is 5.91 Å². The molecule has 2 saturated heterocycles. The number of likely N-dealkylation sites (tertiary alicyclic amines) is 1. The number of halogens is 1. The third-order valence-corrected chi connectivity index (χ3v) is 7.04. The fourth-order valence-corrected chi connectivity index (χ4v) is 5.05. The fraction of sp³-hybridized carbons (Fsp3) is 0.423.